The number of carbonyl (C=O) groups excluding carboxylic acids is 1. The van der Waals surface area contributed by atoms with Gasteiger partial charge in [-0.3, -0.25) is 9.59 Å². The molecule has 1 N–H and O–H groups in total. The molecule has 0 heterocycles. The van der Waals surface area contributed by atoms with Gasteiger partial charge in [-0.2, -0.15) is 0 Å². The standard InChI is InChI=1S/C9H17NO3/c1-5-9(2,3)10(4)7(11)6-8(12)13/h5-6H2,1-4H3,(H,12,13). The largest absolute Gasteiger partial charge is 0.481 e. The second-order valence-corrected chi connectivity index (χ2v) is 3.69. The molecule has 0 aromatic rings. The van der Waals surface area contributed by atoms with E-state index in [4.69, 9.17) is 5.11 Å². The minimum Gasteiger partial charge on any atom is -0.481 e. The van der Waals surface area contributed by atoms with E-state index in [1.165, 1.54) is 4.90 Å². The summed E-state index contributed by atoms with van der Waals surface area (Å²) in [5.41, 5.74) is -0.271. The molecule has 0 saturated carbocycles. The Kier molecular flexibility index (Phi) is 3.91. The van der Waals surface area contributed by atoms with E-state index in [-0.39, 0.29) is 11.4 Å². The third-order valence-corrected chi connectivity index (χ3v) is 2.45. The highest BCUT2D eigenvalue weighted by Gasteiger charge is 2.26. The first-order valence-electron chi connectivity index (χ1n) is 4.29. The lowest BCUT2D eigenvalue weighted by Gasteiger charge is -2.34. The van der Waals surface area contributed by atoms with Crippen molar-refractivity contribution in [1.82, 2.24) is 4.90 Å². The number of carboxylic acids is 1. The smallest absolute Gasteiger partial charge is 0.312 e. The molecule has 4 heteroatoms. The number of carbonyl (C=O) groups is 2. The van der Waals surface area contributed by atoms with Crippen molar-refractivity contribution in [3.63, 3.8) is 0 Å². The third-order valence-electron chi connectivity index (χ3n) is 2.45. The molecule has 0 aromatic heterocycles. The Labute approximate surface area is 78.5 Å². The molecule has 0 bridgehead atoms. The maximum Gasteiger partial charge on any atom is 0.312 e. The molecule has 0 aliphatic rings. The van der Waals surface area contributed by atoms with Gasteiger partial charge in [0.05, 0.1) is 0 Å². The molecule has 0 unspecified atom stereocenters. The Morgan fingerprint density at radius 2 is 1.85 bits per heavy atom. The first kappa shape index (κ1) is 11.9. The van der Waals surface area contributed by atoms with Crippen LogP contribution in [0, 0.1) is 0 Å². The van der Waals surface area contributed by atoms with Crippen LogP contribution in [0.3, 0.4) is 0 Å². The summed E-state index contributed by atoms with van der Waals surface area (Å²) >= 11 is 0. The number of carboxylic acid groups (broad SMARTS) is 1. The molecule has 0 saturated heterocycles. The van der Waals surface area contributed by atoms with Gasteiger partial charge in [-0.05, 0) is 20.3 Å². The zero-order valence-corrected chi connectivity index (χ0v) is 8.63. The minimum atomic E-state index is -1.08. The fourth-order valence-electron chi connectivity index (χ4n) is 0.823. The van der Waals surface area contributed by atoms with E-state index in [0.717, 1.165) is 6.42 Å². The van der Waals surface area contributed by atoms with Gasteiger partial charge < -0.3 is 10.0 Å². The summed E-state index contributed by atoms with van der Waals surface area (Å²) in [6.07, 6.45) is 0.370. The number of rotatable bonds is 4. The first-order chi connectivity index (χ1) is 5.81. The Morgan fingerprint density at radius 3 is 2.15 bits per heavy atom. The number of nitrogens with zero attached hydrogens (tertiary/aromatic N) is 1. The van der Waals surface area contributed by atoms with E-state index < -0.39 is 12.4 Å². The van der Waals surface area contributed by atoms with Gasteiger partial charge in [0, 0.05) is 12.6 Å². The molecule has 4 nitrogen and oxygen atoms in total. The molecule has 0 spiro atoms. The van der Waals surface area contributed by atoms with Gasteiger partial charge in [0.15, 0.2) is 0 Å². The minimum absolute atomic E-state index is 0.271. The Hall–Kier alpha value is -1.06. The van der Waals surface area contributed by atoms with Gasteiger partial charge in [0.1, 0.15) is 6.42 Å². The van der Waals surface area contributed by atoms with Crippen molar-refractivity contribution >= 4 is 11.9 Å². The zero-order chi connectivity index (χ0) is 10.6. The number of hydrogen-bond donors (Lipinski definition) is 1. The highest BCUT2D eigenvalue weighted by atomic mass is 16.4. The first-order valence-corrected chi connectivity index (χ1v) is 4.29. The Bertz CT molecular complexity index is 211. The van der Waals surface area contributed by atoms with Crippen molar-refractivity contribution in [3.05, 3.63) is 0 Å². The molecule has 0 fully saturated rings. The average Bonchev–Trinajstić information content (AvgIpc) is 2.01. The van der Waals surface area contributed by atoms with Crippen molar-refractivity contribution in [3.8, 4) is 0 Å². The van der Waals surface area contributed by atoms with Gasteiger partial charge in [-0.15, -0.1) is 0 Å². The summed E-state index contributed by atoms with van der Waals surface area (Å²) in [4.78, 5) is 23.1. The van der Waals surface area contributed by atoms with Crippen LogP contribution in [-0.4, -0.2) is 34.5 Å². The summed E-state index contributed by atoms with van der Waals surface area (Å²) in [6, 6.07) is 0. The topological polar surface area (TPSA) is 57.6 Å². The second-order valence-electron chi connectivity index (χ2n) is 3.69. The summed E-state index contributed by atoms with van der Waals surface area (Å²) in [7, 11) is 1.63. The van der Waals surface area contributed by atoms with Gasteiger partial charge in [-0.25, -0.2) is 0 Å². The lowest BCUT2D eigenvalue weighted by molar-refractivity contribution is -0.145. The second kappa shape index (κ2) is 4.25. The molecule has 0 atom stereocenters. The van der Waals surface area contributed by atoms with Crippen LogP contribution < -0.4 is 0 Å². The maximum atomic E-state index is 11.3. The number of hydrogen-bond acceptors (Lipinski definition) is 2. The Balaban J connectivity index is 4.33. The van der Waals surface area contributed by atoms with E-state index in [1.807, 2.05) is 20.8 Å². The van der Waals surface area contributed by atoms with E-state index in [1.54, 1.807) is 7.05 Å². The van der Waals surface area contributed by atoms with Crippen LogP contribution in [0.4, 0.5) is 0 Å². The summed E-state index contributed by atoms with van der Waals surface area (Å²) in [5.74, 6) is -1.43. The van der Waals surface area contributed by atoms with E-state index in [0.29, 0.717) is 0 Å². The third kappa shape index (κ3) is 3.44. The fourth-order valence-corrected chi connectivity index (χ4v) is 0.823. The van der Waals surface area contributed by atoms with Crippen LogP contribution in [-0.2, 0) is 9.59 Å². The molecule has 0 aliphatic heterocycles. The fraction of sp³-hybridized carbons (Fsp3) is 0.778. The van der Waals surface area contributed by atoms with Crippen molar-refractivity contribution in [2.75, 3.05) is 7.05 Å². The summed E-state index contributed by atoms with van der Waals surface area (Å²) in [5, 5.41) is 8.42. The number of aliphatic carboxylic acids is 1. The number of amides is 1. The molecular weight excluding hydrogens is 170 g/mol. The quantitative estimate of drug-likeness (QED) is 0.671. The van der Waals surface area contributed by atoms with Crippen LogP contribution in [0.5, 0.6) is 0 Å². The van der Waals surface area contributed by atoms with Gasteiger partial charge in [-0.1, -0.05) is 6.92 Å². The lowest BCUT2D eigenvalue weighted by Crippen LogP contribution is -2.45. The molecular formula is C9H17NO3. The van der Waals surface area contributed by atoms with Crippen molar-refractivity contribution in [2.45, 2.75) is 39.2 Å². The average molecular weight is 187 g/mol. The Morgan fingerprint density at radius 1 is 1.38 bits per heavy atom. The van der Waals surface area contributed by atoms with Gasteiger partial charge >= 0.3 is 5.97 Å². The van der Waals surface area contributed by atoms with Crippen LogP contribution >= 0.6 is 0 Å². The predicted molar refractivity (Wildman–Crippen MR) is 49.4 cm³/mol. The molecule has 0 aliphatic carbocycles. The predicted octanol–water partition coefficient (Wildman–Crippen LogP) is 1.11. The molecule has 13 heavy (non-hydrogen) atoms. The van der Waals surface area contributed by atoms with Gasteiger partial charge in [0.25, 0.3) is 0 Å². The van der Waals surface area contributed by atoms with E-state index >= 15 is 0 Å². The zero-order valence-electron chi connectivity index (χ0n) is 8.63. The SMILES string of the molecule is CCC(C)(C)N(C)C(=O)CC(=O)O. The maximum absolute atomic E-state index is 11.3. The molecule has 1 amide bonds. The monoisotopic (exact) mass is 187 g/mol. The van der Waals surface area contributed by atoms with Crippen molar-refractivity contribution in [2.24, 2.45) is 0 Å². The van der Waals surface area contributed by atoms with Gasteiger partial charge in [0.2, 0.25) is 5.91 Å². The summed E-state index contributed by atoms with van der Waals surface area (Å²) in [6.45, 7) is 5.78. The van der Waals surface area contributed by atoms with Crippen molar-refractivity contribution in [1.29, 1.82) is 0 Å². The van der Waals surface area contributed by atoms with E-state index in [9.17, 15) is 9.59 Å². The molecule has 0 aromatic carbocycles. The van der Waals surface area contributed by atoms with Crippen LogP contribution in [0.2, 0.25) is 0 Å². The molecule has 0 radical (unpaired) electrons. The van der Waals surface area contributed by atoms with Crippen LogP contribution in [0.1, 0.15) is 33.6 Å². The molecule has 0 rings (SSSR count). The lowest BCUT2D eigenvalue weighted by atomic mass is 10.00. The van der Waals surface area contributed by atoms with Crippen molar-refractivity contribution < 1.29 is 14.7 Å². The normalized spacial score (nSPS) is 11.1. The molecule has 76 valence electrons. The summed E-state index contributed by atoms with van der Waals surface area (Å²) < 4.78 is 0. The van der Waals surface area contributed by atoms with Crippen LogP contribution in [0.15, 0.2) is 0 Å². The highest BCUT2D eigenvalue weighted by molar-refractivity contribution is 5.93. The van der Waals surface area contributed by atoms with Crippen LogP contribution in [0.25, 0.3) is 0 Å². The highest BCUT2D eigenvalue weighted by Crippen LogP contribution is 2.16. The van der Waals surface area contributed by atoms with E-state index in [2.05, 4.69) is 0 Å².